The number of aromatic nitrogens is 1. The first-order valence-electron chi connectivity index (χ1n) is 18.8. The highest BCUT2D eigenvalue weighted by Crippen LogP contribution is 2.46. The molecule has 9 aromatic carbocycles. The molecule has 0 spiro atoms. The maximum absolute atomic E-state index is 6.41. The molecular formula is C51H35N3O. The van der Waals surface area contributed by atoms with Crippen LogP contribution in [0.4, 0.5) is 22.7 Å². The second-order valence-electron chi connectivity index (χ2n) is 14.2. The van der Waals surface area contributed by atoms with Crippen molar-refractivity contribution in [3.05, 3.63) is 206 Å². The lowest BCUT2D eigenvalue weighted by atomic mass is 9.99. The predicted octanol–water partition coefficient (Wildman–Crippen LogP) is 13.7. The van der Waals surface area contributed by atoms with E-state index in [0.717, 1.165) is 39.7 Å². The lowest BCUT2D eigenvalue weighted by Crippen LogP contribution is -2.09. The molecule has 11 rings (SSSR count). The SMILES string of the molecule is c1ccc(C2Nc3c(ccc4ccc5cc(-n6c7ccccc7c7cc(-c8ccc(N(c9ccccc9)c9ccccc9)cc8)ccc76)ccc5c34)O2)cc1. The fourth-order valence-corrected chi connectivity index (χ4v) is 8.41. The Kier molecular flexibility index (Phi) is 7.20. The summed E-state index contributed by atoms with van der Waals surface area (Å²) in [4.78, 5) is 2.30. The van der Waals surface area contributed by atoms with Gasteiger partial charge in [-0.15, -0.1) is 0 Å². The van der Waals surface area contributed by atoms with E-state index in [2.05, 4.69) is 209 Å². The van der Waals surface area contributed by atoms with E-state index in [0.29, 0.717) is 0 Å². The summed E-state index contributed by atoms with van der Waals surface area (Å²) in [7, 11) is 0. The Bertz CT molecular complexity index is 2990. The van der Waals surface area contributed by atoms with Gasteiger partial charge in [0.05, 0.1) is 16.7 Å². The number of nitrogens with zero attached hydrogens (tertiary/aromatic N) is 2. The molecule has 260 valence electrons. The van der Waals surface area contributed by atoms with Gasteiger partial charge in [-0.3, -0.25) is 0 Å². The third-order valence-electron chi connectivity index (χ3n) is 11.0. The first-order valence-corrected chi connectivity index (χ1v) is 18.8. The highest BCUT2D eigenvalue weighted by Gasteiger charge is 2.26. The van der Waals surface area contributed by atoms with Gasteiger partial charge in [-0.2, -0.15) is 0 Å². The van der Waals surface area contributed by atoms with E-state index in [1.807, 2.05) is 6.07 Å². The van der Waals surface area contributed by atoms with Crippen LogP contribution in [-0.2, 0) is 0 Å². The van der Waals surface area contributed by atoms with Crippen LogP contribution in [0, 0.1) is 0 Å². The molecule has 0 aliphatic carbocycles. The van der Waals surface area contributed by atoms with Crippen molar-refractivity contribution in [3.8, 4) is 22.6 Å². The molecule has 1 aromatic heterocycles. The van der Waals surface area contributed by atoms with Crippen molar-refractivity contribution in [1.29, 1.82) is 0 Å². The molecule has 4 heteroatoms. The second kappa shape index (κ2) is 12.7. The zero-order valence-electron chi connectivity index (χ0n) is 29.9. The second-order valence-corrected chi connectivity index (χ2v) is 14.2. The van der Waals surface area contributed by atoms with E-state index in [4.69, 9.17) is 4.74 Å². The number of nitrogens with one attached hydrogen (secondary N) is 1. The van der Waals surface area contributed by atoms with Crippen molar-refractivity contribution < 1.29 is 4.74 Å². The van der Waals surface area contributed by atoms with Crippen molar-refractivity contribution in [3.63, 3.8) is 0 Å². The summed E-state index contributed by atoms with van der Waals surface area (Å²) >= 11 is 0. The number of para-hydroxylation sites is 3. The molecular weight excluding hydrogens is 671 g/mol. The molecule has 1 aliphatic heterocycles. The van der Waals surface area contributed by atoms with E-state index < -0.39 is 0 Å². The van der Waals surface area contributed by atoms with Gasteiger partial charge in [-0.05, 0) is 100 Å². The van der Waals surface area contributed by atoms with Gasteiger partial charge >= 0.3 is 0 Å². The molecule has 10 aromatic rings. The number of ether oxygens (including phenoxy) is 1. The Labute approximate surface area is 319 Å². The number of benzene rings is 9. The fourth-order valence-electron chi connectivity index (χ4n) is 8.41. The average Bonchev–Trinajstić information content (AvgIpc) is 3.84. The zero-order valence-corrected chi connectivity index (χ0v) is 29.9. The third-order valence-corrected chi connectivity index (χ3v) is 11.0. The smallest absolute Gasteiger partial charge is 0.196 e. The molecule has 4 nitrogen and oxygen atoms in total. The van der Waals surface area contributed by atoms with Crippen LogP contribution in [0.25, 0.3) is 60.2 Å². The number of rotatable bonds is 6. The Morgan fingerprint density at radius 1 is 0.455 bits per heavy atom. The van der Waals surface area contributed by atoms with Crippen molar-refractivity contribution in [2.24, 2.45) is 0 Å². The quantitative estimate of drug-likeness (QED) is 0.175. The van der Waals surface area contributed by atoms with Gasteiger partial charge in [0.1, 0.15) is 5.75 Å². The number of hydrogen-bond acceptors (Lipinski definition) is 3. The van der Waals surface area contributed by atoms with Crippen molar-refractivity contribution in [1.82, 2.24) is 4.57 Å². The van der Waals surface area contributed by atoms with Gasteiger partial charge in [0.2, 0.25) is 0 Å². The van der Waals surface area contributed by atoms with Crippen molar-refractivity contribution in [2.75, 3.05) is 10.2 Å². The largest absolute Gasteiger partial charge is 0.464 e. The Morgan fingerprint density at radius 3 is 1.84 bits per heavy atom. The molecule has 0 fully saturated rings. The topological polar surface area (TPSA) is 29.4 Å². The predicted molar refractivity (Wildman–Crippen MR) is 229 cm³/mol. The summed E-state index contributed by atoms with van der Waals surface area (Å²) in [5.74, 6) is 0.885. The van der Waals surface area contributed by atoms with Crippen LogP contribution in [0.1, 0.15) is 11.8 Å². The van der Waals surface area contributed by atoms with E-state index in [1.165, 1.54) is 54.5 Å². The van der Waals surface area contributed by atoms with E-state index in [-0.39, 0.29) is 6.23 Å². The maximum atomic E-state index is 6.41. The number of fused-ring (bicyclic) bond motifs is 8. The summed E-state index contributed by atoms with van der Waals surface area (Å²) in [6.07, 6.45) is -0.213. The van der Waals surface area contributed by atoms with Crippen LogP contribution in [0.3, 0.4) is 0 Å². The molecule has 55 heavy (non-hydrogen) atoms. The number of anilines is 4. The summed E-state index contributed by atoms with van der Waals surface area (Å²) in [6.45, 7) is 0. The minimum Gasteiger partial charge on any atom is -0.464 e. The molecule has 0 amide bonds. The first kappa shape index (κ1) is 31.2. The van der Waals surface area contributed by atoms with Gasteiger partial charge in [0.25, 0.3) is 0 Å². The van der Waals surface area contributed by atoms with Gasteiger partial charge in [-0.25, -0.2) is 0 Å². The molecule has 1 N–H and O–H groups in total. The van der Waals surface area contributed by atoms with Gasteiger partial charge in [0, 0.05) is 44.5 Å². The van der Waals surface area contributed by atoms with Crippen molar-refractivity contribution in [2.45, 2.75) is 6.23 Å². The summed E-state index contributed by atoms with van der Waals surface area (Å²) in [5.41, 5.74) is 11.4. The molecule has 1 atom stereocenters. The van der Waals surface area contributed by atoms with Crippen LogP contribution in [-0.4, -0.2) is 4.57 Å². The summed E-state index contributed by atoms with van der Waals surface area (Å²) in [6, 6.07) is 71.6. The van der Waals surface area contributed by atoms with E-state index >= 15 is 0 Å². The molecule has 1 unspecified atom stereocenters. The Morgan fingerprint density at radius 2 is 1.07 bits per heavy atom. The number of hydrogen-bond donors (Lipinski definition) is 1. The Hall–Kier alpha value is -7.30. The summed E-state index contributed by atoms with van der Waals surface area (Å²) < 4.78 is 8.81. The fraction of sp³-hybridized carbons (Fsp3) is 0.0196. The van der Waals surface area contributed by atoms with Crippen LogP contribution in [0.15, 0.2) is 200 Å². The van der Waals surface area contributed by atoms with Crippen LogP contribution in [0.5, 0.6) is 5.75 Å². The molecule has 0 bridgehead atoms. The van der Waals surface area contributed by atoms with E-state index in [9.17, 15) is 0 Å². The maximum Gasteiger partial charge on any atom is 0.196 e. The average molecular weight is 706 g/mol. The van der Waals surface area contributed by atoms with Crippen LogP contribution in [0.2, 0.25) is 0 Å². The normalized spacial score (nSPS) is 13.6. The molecule has 0 radical (unpaired) electrons. The standard InChI is InChI=1S/C51H35N3O/c1-4-12-36(13-5-1)51-52-50-48(55-51)31-25-35-20-21-38-32-42(28-29-43(38)49(35)50)54-46-19-11-10-18-44(46)45-33-37(24-30-47(45)54)34-22-26-41(27-23-34)53(39-14-6-2-7-15-39)40-16-8-3-9-17-40/h1-33,51-52H. The highest BCUT2D eigenvalue weighted by atomic mass is 16.5. The van der Waals surface area contributed by atoms with E-state index in [1.54, 1.807) is 0 Å². The monoisotopic (exact) mass is 705 g/mol. The zero-order chi connectivity index (χ0) is 36.3. The lowest BCUT2D eigenvalue weighted by molar-refractivity contribution is 0.260. The molecule has 1 aliphatic rings. The third kappa shape index (κ3) is 5.22. The van der Waals surface area contributed by atoms with Crippen LogP contribution >= 0.6 is 0 Å². The summed E-state index contributed by atoms with van der Waals surface area (Å²) in [5, 5.41) is 10.9. The molecule has 2 heterocycles. The van der Waals surface area contributed by atoms with Gasteiger partial charge in [-0.1, -0.05) is 127 Å². The molecule has 0 saturated carbocycles. The minimum atomic E-state index is -0.213. The first-order chi connectivity index (χ1) is 27.3. The highest BCUT2D eigenvalue weighted by molar-refractivity contribution is 6.16. The Balaban J connectivity index is 0.983. The van der Waals surface area contributed by atoms with Crippen molar-refractivity contribution >= 4 is 66.1 Å². The van der Waals surface area contributed by atoms with Gasteiger partial charge < -0.3 is 19.5 Å². The van der Waals surface area contributed by atoms with Crippen LogP contribution < -0.4 is 15.0 Å². The minimum absolute atomic E-state index is 0.213. The lowest BCUT2D eigenvalue weighted by Gasteiger charge is -2.25. The van der Waals surface area contributed by atoms with Gasteiger partial charge in [0.15, 0.2) is 6.23 Å². The molecule has 0 saturated heterocycles.